The molecule has 8 heteroatoms. The molecule has 1 aromatic heterocycles. The zero-order valence-electron chi connectivity index (χ0n) is 18.8. The average molecular weight is 467 g/mol. The Morgan fingerprint density at radius 3 is 2.35 bits per heavy atom. The molecule has 1 aliphatic rings. The first kappa shape index (κ1) is 23.2. The summed E-state index contributed by atoms with van der Waals surface area (Å²) in [5.41, 5.74) is 0.0185. The molecule has 0 bridgehead atoms. The van der Waals surface area contributed by atoms with Crippen molar-refractivity contribution in [1.82, 2.24) is 0 Å². The van der Waals surface area contributed by atoms with Gasteiger partial charge in [-0.2, -0.15) is 0 Å². The molecule has 0 spiro atoms. The van der Waals surface area contributed by atoms with Crippen LogP contribution >= 0.6 is 0 Å². The van der Waals surface area contributed by atoms with Gasteiger partial charge in [0, 0.05) is 17.3 Å². The van der Waals surface area contributed by atoms with Crippen LogP contribution in [-0.2, 0) is 9.59 Å². The van der Waals surface area contributed by atoms with Crippen LogP contribution in [0.5, 0.6) is 5.75 Å². The number of Topliss-reactive ketones (excluding diaryl/α,β-unsaturated/α-hetero) is 1. The molecule has 1 N–H and O–H groups in total. The van der Waals surface area contributed by atoms with Gasteiger partial charge in [-0.1, -0.05) is 13.8 Å². The van der Waals surface area contributed by atoms with Crippen molar-refractivity contribution >= 4 is 23.1 Å². The van der Waals surface area contributed by atoms with Gasteiger partial charge in [0.05, 0.1) is 12.2 Å². The molecule has 176 valence electrons. The normalized spacial score (nSPS) is 17.6. The number of carbonyl (C=O) groups is 2. The first-order valence-corrected chi connectivity index (χ1v) is 10.7. The molecular weight excluding hydrogens is 444 g/mol. The molecule has 4 rings (SSSR count). The van der Waals surface area contributed by atoms with Crippen LogP contribution in [0.4, 0.5) is 14.5 Å². The molecule has 1 amide bonds. The van der Waals surface area contributed by atoms with Crippen LogP contribution in [0.2, 0.25) is 0 Å². The van der Waals surface area contributed by atoms with Gasteiger partial charge >= 0.3 is 0 Å². The summed E-state index contributed by atoms with van der Waals surface area (Å²) < 4.78 is 38.8. The number of carbonyl (C=O) groups excluding carboxylic acids is 2. The van der Waals surface area contributed by atoms with Gasteiger partial charge in [0.15, 0.2) is 11.6 Å². The van der Waals surface area contributed by atoms with E-state index in [0.29, 0.717) is 24.0 Å². The fraction of sp³-hybridized carbons (Fsp3) is 0.231. The molecule has 1 aliphatic heterocycles. The number of ether oxygens (including phenoxy) is 1. The summed E-state index contributed by atoms with van der Waals surface area (Å²) >= 11 is 0. The van der Waals surface area contributed by atoms with Gasteiger partial charge in [-0.25, -0.2) is 8.78 Å². The number of ketones is 1. The van der Waals surface area contributed by atoms with Crippen molar-refractivity contribution in [2.45, 2.75) is 26.8 Å². The summed E-state index contributed by atoms with van der Waals surface area (Å²) in [6.45, 7) is 6.23. The van der Waals surface area contributed by atoms with E-state index in [9.17, 15) is 23.5 Å². The highest BCUT2D eigenvalue weighted by molar-refractivity contribution is 6.51. The molecule has 1 fully saturated rings. The predicted molar refractivity (Wildman–Crippen MR) is 121 cm³/mol. The second-order valence-electron chi connectivity index (χ2n) is 8.45. The standard InChI is InChI=1S/C26H23F2NO5/c1-14(2)13-33-18-8-5-16(6-9-18)24(30)22-23(21-11-4-15(3)34-21)29(26(32)25(22)31)17-7-10-19(27)20(28)12-17/h4-12,14,23,30H,13H2,1-3H3/b24-22-. The summed E-state index contributed by atoms with van der Waals surface area (Å²) in [6.07, 6.45) is 0. The van der Waals surface area contributed by atoms with Crippen LogP contribution < -0.4 is 9.64 Å². The van der Waals surface area contributed by atoms with E-state index >= 15 is 0 Å². The molecule has 1 saturated heterocycles. The van der Waals surface area contributed by atoms with Crippen molar-refractivity contribution in [2.24, 2.45) is 5.92 Å². The molecule has 34 heavy (non-hydrogen) atoms. The monoisotopic (exact) mass is 467 g/mol. The Hall–Kier alpha value is -3.94. The molecule has 3 aromatic rings. The maximum Gasteiger partial charge on any atom is 0.300 e. The van der Waals surface area contributed by atoms with E-state index in [-0.39, 0.29) is 22.6 Å². The molecule has 0 radical (unpaired) electrons. The summed E-state index contributed by atoms with van der Waals surface area (Å²) in [4.78, 5) is 27.0. The van der Waals surface area contributed by atoms with Gasteiger partial charge in [-0.15, -0.1) is 0 Å². The van der Waals surface area contributed by atoms with Crippen molar-refractivity contribution in [3.8, 4) is 5.75 Å². The molecule has 0 aliphatic carbocycles. The Bertz CT molecular complexity index is 1280. The first-order chi connectivity index (χ1) is 16.2. The molecule has 1 unspecified atom stereocenters. The lowest BCUT2D eigenvalue weighted by Crippen LogP contribution is -2.29. The lowest BCUT2D eigenvalue weighted by molar-refractivity contribution is -0.132. The van der Waals surface area contributed by atoms with E-state index in [1.54, 1.807) is 43.3 Å². The number of hydrogen-bond acceptors (Lipinski definition) is 5. The third-order valence-corrected chi connectivity index (χ3v) is 5.37. The van der Waals surface area contributed by atoms with Crippen molar-refractivity contribution < 1.29 is 32.6 Å². The number of halogens is 2. The number of furan rings is 1. The lowest BCUT2D eigenvalue weighted by atomic mass is 9.99. The second kappa shape index (κ2) is 9.13. The predicted octanol–water partition coefficient (Wildman–Crippen LogP) is 5.53. The fourth-order valence-electron chi connectivity index (χ4n) is 3.73. The molecule has 2 heterocycles. The summed E-state index contributed by atoms with van der Waals surface area (Å²) in [5, 5.41) is 11.1. The molecule has 6 nitrogen and oxygen atoms in total. The number of hydrogen-bond donors (Lipinski definition) is 1. The minimum absolute atomic E-state index is 0.0449. The zero-order chi connectivity index (χ0) is 24.6. The van der Waals surface area contributed by atoms with Crippen molar-refractivity contribution in [2.75, 3.05) is 11.5 Å². The SMILES string of the molecule is Cc1ccc(C2/C(=C(/O)c3ccc(OCC(C)C)cc3)C(=O)C(=O)N2c2ccc(F)c(F)c2)o1. The number of nitrogens with zero attached hydrogens (tertiary/aromatic N) is 1. The number of anilines is 1. The fourth-order valence-corrected chi connectivity index (χ4v) is 3.73. The van der Waals surface area contributed by atoms with Crippen molar-refractivity contribution in [1.29, 1.82) is 0 Å². The van der Waals surface area contributed by atoms with Crippen LogP contribution in [0.25, 0.3) is 5.76 Å². The zero-order valence-corrected chi connectivity index (χ0v) is 18.8. The first-order valence-electron chi connectivity index (χ1n) is 10.7. The number of rotatable bonds is 6. The van der Waals surface area contributed by atoms with E-state index in [1.807, 2.05) is 13.8 Å². The molecule has 2 aromatic carbocycles. The Morgan fingerprint density at radius 1 is 1.06 bits per heavy atom. The van der Waals surface area contributed by atoms with E-state index < -0.39 is 35.1 Å². The highest BCUT2D eigenvalue weighted by atomic mass is 19.2. The number of aryl methyl sites for hydroxylation is 1. The summed E-state index contributed by atoms with van der Waals surface area (Å²) in [6, 6.07) is 11.3. The van der Waals surface area contributed by atoms with Crippen LogP contribution in [0.3, 0.4) is 0 Å². The van der Waals surface area contributed by atoms with E-state index in [0.717, 1.165) is 17.0 Å². The third kappa shape index (κ3) is 4.31. The van der Waals surface area contributed by atoms with Gasteiger partial charge in [-0.3, -0.25) is 14.5 Å². The highest BCUT2D eigenvalue weighted by Crippen LogP contribution is 2.43. The van der Waals surface area contributed by atoms with Gasteiger partial charge in [0.2, 0.25) is 0 Å². The van der Waals surface area contributed by atoms with E-state index in [1.165, 1.54) is 6.07 Å². The quantitative estimate of drug-likeness (QED) is 0.293. The smallest absolute Gasteiger partial charge is 0.300 e. The van der Waals surface area contributed by atoms with Gasteiger partial charge < -0.3 is 14.3 Å². The number of aliphatic hydroxyl groups is 1. The largest absolute Gasteiger partial charge is 0.507 e. The maximum absolute atomic E-state index is 14.0. The molecular formula is C26H23F2NO5. The summed E-state index contributed by atoms with van der Waals surface area (Å²) in [5.74, 6) is -3.03. The topological polar surface area (TPSA) is 80.0 Å². The number of benzene rings is 2. The molecule has 1 atom stereocenters. The Kier molecular flexibility index (Phi) is 6.24. The van der Waals surface area contributed by atoms with Gasteiger partial charge in [0.1, 0.15) is 29.1 Å². The van der Waals surface area contributed by atoms with Gasteiger partial charge in [0.25, 0.3) is 11.7 Å². The van der Waals surface area contributed by atoms with Crippen LogP contribution in [-0.4, -0.2) is 23.4 Å². The van der Waals surface area contributed by atoms with Gasteiger partial charge in [-0.05, 0) is 61.4 Å². The summed E-state index contributed by atoms with van der Waals surface area (Å²) in [7, 11) is 0. The van der Waals surface area contributed by atoms with Crippen LogP contribution in [0, 0.1) is 24.5 Å². The Morgan fingerprint density at radius 2 is 1.76 bits per heavy atom. The van der Waals surface area contributed by atoms with Crippen LogP contribution in [0.15, 0.2) is 64.6 Å². The number of aliphatic hydroxyl groups excluding tert-OH is 1. The van der Waals surface area contributed by atoms with E-state index in [2.05, 4.69) is 0 Å². The van der Waals surface area contributed by atoms with E-state index in [4.69, 9.17) is 9.15 Å². The second-order valence-corrected chi connectivity index (χ2v) is 8.45. The Balaban J connectivity index is 1.81. The maximum atomic E-state index is 14.0. The minimum atomic E-state index is -1.18. The minimum Gasteiger partial charge on any atom is -0.507 e. The highest BCUT2D eigenvalue weighted by Gasteiger charge is 2.48. The molecule has 0 saturated carbocycles. The number of amides is 1. The lowest BCUT2D eigenvalue weighted by Gasteiger charge is -2.23. The van der Waals surface area contributed by atoms with Crippen LogP contribution in [0.1, 0.15) is 37.0 Å². The Labute approximate surface area is 195 Å². The third-order valence-electron chi connectivity index (χ3n) is 5.37. The van der Waals surface area contributed by atoms with Crippen molar-refractivity contribution in [3.05, 3.63) is 88.9 Å². The average Bonchev–Trinajstić information content (AvgIpc) is 3.35. The van der Waals surface area contributed by atoms with Crippen molar-refractivity contribution in [3.63, 3.8) is 0 Å².